The highest BCUT2D eigenvalue weighted by Crippen LogP contribution is 2.57. The van der Waals surface area contributed by atoms with Gasteiger partial charge in [0.15, 0.2) is 0 Å². The van der Waals surface area contributed by atoms with Crippen LogP contribution in [0.3, 0.4) is 0 Å². The Morgan fingerprint density at radius 3 is 1.75 bits per heavy atom. The summed E-state index contributed by atoms with van der Waals surface area (Å²) in [5, 5.41) is 8.97. The van der Waals surface area contributed by atoms with E-state index >= 15 is 0 Å². The van der Waals surface area contributed by atoms with Crippen LogP contribution in [-0.2, 0) is 4.79 Å². The maximum atomic E-state index is 10.9. The number of carboxylic acid groups (broad SMARTS) is 1. The Kier molecular flexibility index (Phi) is 1.76. The van der Waals surface area contributed by atoms with Crippen LogP contribution in [0.25, 0.3) is 0 Å². The Bertz CT molecular complexity index is 205. The number of carbonyl (C=O) groups is 1. The summed E-state index contributed by atoms with van der Waals surface area (Å²) >= 11 is 0. The lowest BCUT2D eigenvalue weighted by molar-refractivity contribution is -0.176. The van der Waals surface area contributed by atoms with E-state index in [1.54, 1.807) is 0 Å². The zero-order chi connectivity index (χ0) is 9.73. The maximum absolute atomic E-state index is 10.9. The topological polar surface area (TPSA) is 63.3 Å². The number of hydrogen-bond acceptors (Lipinski definition) is 2. The summed E-state index contributed by atoms with van der Waals surface area (Å²) in [7, 11) is 0. The van der Waals surface area contributed by atoms with Crippen molar-refractivity contribution in [2.45, 2.75) is 33.7 Å². The summed E-state index contributed by atoms with van der Waals surface area (Å²) < 4.78 is 0. The van der Waals surface area contributed by atoms with Crippen LogP contribution >= 0.6 is 0 Å². The van der Waals surface area contributed by atoms with Crippen molar-refractivity contribution in [3.63, 3.8) is 0 Å². The third-order valence-electron chi connectivity index (χ3n) is 3.34. The van der Waals surface area contributed by atoms with Crippen molar-refractivity contribution in [2.24, 2.45) is 22.5 Å². The van der Waals surface area contributed by atoms with Gasteiger partial charge in [-0.1, -0.05) is 27.7 Å². The van der Waals surface area contributed by atoms with E-state index in [1.807, 2.05) is 27.7 Å². The summed E-state index contributed by atoms with van der Waals surface area (Å²) in [6.45, 7) is 7.67. The Hall–Kier alpha value is -0.570. The second-order valence-corrected chi connectivity index (χ2v) is 4.89. The minimum absolute atomic E-state index is 0.0221. The van der Waals surface area contributed by atoms with Gasteiger partial charge in [0.2, 0.25) is 0 Å². The van der Waals surface area contributed by atoms with Crippen molar-refractivity contribution < 1.29 is 9.90 Å². The van der Waals surface area contributed by atoms with Gasteiger partial charge >= 0.3 is 5.97 Å². The standard InChI is InChI=1S/C9H17NO2/c1-8(2)5(6(11)12)9(3,4)7(8)10/h5,7H,10H2,1-4H3,(H,11,12). The first-order valence-electron chi connectivity index (χ1n) is 4.20. The van der Waals surface area contributed by atoms with Crippen LogP contribution in [-0.4, -0.2) is 17.1 Å². The van der Waals surface area contributed by atoms with E-state index in [0.717, 1.165) is 0 Å². The molecule has 0 heterocycles. The number of carboxylic acids is 1. The molecule has 12 heavy (non-hydrogen) atoms. The van der Waals surface area contributed by atoms with Gasteiger partial charge in [-0.15, -0.1) is 0 Å². The van der Waals surface area contributed by atoms with Crippen LogP contribution in [0.2, 0.25) is 0 Å². The van der Waals surface area contributed by atoms with Crippen LogP contribution in [0.4, 0.5) is 0 Å². The van der Waals surface area contributed by atoms with E-state index in [2.05, 4.69) is 0 Å². The molecule has 1 saturated carbocycles. The average Bonchev–Trinajstić information content (AvgIpc) is 1.83. The van der Waals surface area contributed by atoms with Crippen molar-refractivity contribution in [3.05, 3.63) is 0 Å². The summed E-state index contributed by atoms with van der Waals surface area (Å²) in [4.78, 5) is 10.9. The fourth-order valence-electron chi connectivity index (χ4n) is 2.82. The van der Waals surface area contributed by atoms with Gasteiger partial charge < -0.3 is 10.8 Å². The molecule has 0 radical (unpaired) electrons. The molecule has 70 valence electrons. The van der Waals surface area contributed by atoms with E-state index < -0.39 is 5.97 Å². The van der Waals surface area contributed by atoms with Gasteiger partial charge in [-0.3, -0.25) is 4.79 Å². The summed E-state index contributed by atoms with van der Waals surface area (Å²) in [5.41, 5.74) is 5.36. The molecule has 0 spiro atoms. The average molecular weight is 171 g/mol. The number of hydrogen-bond donors (Lipinski definition) is 2. The van der Waals surface area contributed by atoms with Crippen LogP contribution in [0.15, 0.2) is 0 Å². The molecule has 3 N–H and O–H groups in total. The van der Waals surface area contributed by atoms with Crippen molar-refractivity contribution in [2.75, 3.05) is 0 Å². The second-order valence-electron chi connectivity index (χ2n) is 4.89. The molecule has 1 rings (SSSR count). The van der Waals surface area contributed by atoms with Crippen LogP contribution < -0.4 is 5.73 Å². The highest BCUT2D eigenvalue weighted by molar-refractivity contribution is 5.74. The molecule has 0 atom stereocenters. The van der Waals surface area contributed by atoms with Crippen LogP contribution in [0.5, 0.6) is 0 Å². The molecule has 1 aliphatic rings. The lowest BCUT2D eigenvalue weighted by atomic mass is 9.45. The van der Waals surface area contributed by atoms with Gasteiger partial charge in [-0.2, -0.15) is 0 Å². The summed E-state index contributed by atoms with van der Waals surface area (Å²) in [5.74, 6) is -1.05. The molecule has 0 aromatic heterocycles. The zero-order valence-corrected chi connectivity index (χ0v) is 8.09. The number of aliphatic carboxylic acids is 1. The molecular formula is C9H17NO2. The molecule has 0 amide bonds. The van der Waals surface area contributed by atoms with Gasteiger partial charge in [-0.25, -0.2) is 0 Å². The molecule has 0 aliphatic heterocycles. The first-order valence-corrected chi connectivity index (χ1v) is 4.20. The quantitative estimate of drug-likeness (QED) is 0.620. The zero-order valence-electron chi connectivity index (χ0n) is 8.09. The molecule has 3 heteroatoms. The molecule has 0 bridgehead atoms. The Balaban J connectivity index is 2.94. The van der Waals surface area contributed by atoms with E-state index in [-0.39, 0.29) is 22.8 Å². The third kappa shape index (κ3) is 0.891. The summed E-state index contributed by atoms with van der Waals surface area (Å²) in [6, 6.07) is -0.0221. The molecule has 3 nitrogen and oxygen atoms in total. The highest BCUT2D eigenvalue weighted by atomic mass is 16.4. The largest absolute Gasteiger partial charge is 0.481 e. The van der Waals surface area contributed by atoms with Crippen molar-refractivity contribution >= 4 is 5.97 Å². The number of rotatable bonds is 1. The fourth-order valence-corrected chi connectivity index (χ4v) is 2.82. The lowest BCUT2D eigenvalue weighted by Crippen LogP contribution is -2.69. The minimum Gasteiger partial charge on any atom is -0.481 e. The molecular weight excluding hydrogens is 154 g/mol. The molecule has 0 saturated heterocycles. The van der Waals surface area contributed by atoms with E-state index in [9.17, 15) is 4.79 Å². The Morgan fingerprint density at radius 2 is 1.58 bits per heavy atom. The van der Waals surface area contributed by atoms with Crippen molar-refractivity contribution in [3.8, 4) is 0 Å². The van der Waals surface area contributed by atoms with Gasteiger partial charge in [0.05, 0.1) is 5.92 Å². The van der Waals surface area contributed by atoms with Crippen molar-refractivity contribution in [1.82, 2.24) is 0 Å². The summed E-state index contributed by atoms with van der Waals surface area (Å²) in [6.07, 6.45) is 0. The molecule has 0 unspecified atom stereocenters. The van der Waals surface area contributed by atoms with Crippen LogP contribution in [0, 0.1) is 16.7 Å². The van der Waals surface area contributed by atoms with Gasteiger partial charge in [0.1, 0.15) is 0 Å². The van der Waals surface area contributed by atoms with Gasteiger partial charge in [0, 0.05) is 6.04 Å². The first kappa shape index (κ1) is 9.52. The predicted molar refractivity (Wildman–Crippen MR) is 46.7 cm³/mol. The SMILES string of the molecule is CC1(C)C(N)C(C)(C)C1C(=O)O. The van der Waals surface area contributed by atoms with Gasteiger partial charge in [0.25, 0.3) is 0 Å². The lowest BCUT2D eigenvalue weighted by Gasteiger charge is -2.60. The first-order chi connectivity index (χ1) is 5.22. The normalized spacial score (nSPS) is 37.1. The van der Waals surface area contributed by atoms with E-state index in [0.29, 0.717) is 0 Å². The van der Waals surface area contributed by atoms with Crippen LogP contribution in [0.1, 0.15) is 27.7 Å². The Morgan fingerprint density at radius 1 is 1.25 bits per heavy atom. The van der Waals surface area contributed by atoms with Crippen molar-refractivity contribution in [1.29, 1.82) is 0 Å². The molecule has 1 fully saturated rings. The maximum Gasteiger partial charge on any atom is 0.307 e. The molecule has 0 aromatic rings. The minimum atomic E-state index is -0.730. The monoisotopic (exact) mass is 171 g/mol. The predicted octanol–water partition coefficient (Wildman–Crippen LogP) is 1.08. The molecule has 0 aromatic carbocycles. The molecule has 1 aliphatic carbocycles. The van der Waals surface area contributed by atoms with Gasteiger partial charge in [-0.05, 0) is 10.8 Å². The third-order valence-corrected chi connectivity index (χ3v) is 3.34. The Labute approximate surface area is 72.9 Å². The second kappa shape index (κ2) is 2.22. The van der Waals surface area contributed by atoms with E-state index in [1.165, 1.54) is 0 Å². The smallest absolute Gasteiger partial charge is 0.307 e. The fraction of sp³-hybridized carbons (Fsp3) is 0.889. The number of nitrogens with two attached hydrogens (primary N) is 1. The van der Waals surface area contributed by atoms with E-state index in [4.69, 9.17) is 10.8 Å². The highest BCUT2D eigenvalue weighted by Gasteiger charge is 2.63.